The van der Waals surface area contributed by atoms with E-state index < -0.39 is 0 Å². The van der Waals surface area contributed by atoms with Gasteiger partial charge < -0.3 is 5.73 Å². The van der Waals surface area contributed by atoms with Crippen LogP contribution < -0.4 is 5.73 Å². The van der Waals surface area contributed by atoms with Gasteiger partial charge in [-0.15, -0.1) is 5.10 Å². The quantitative estimate of drug-likeness (QED) is 0.788. The summed E-state index contributed by atoms with van der Waals surface area (Å²) < 4.78 is 1.73. The topological polar surface area (TPSA) is 81.5 Å². The predicted octanol–water partition coefficient (Wildman–Crippen LogP) is 3.22. The van der Waals surface area contributed by atoms with Crippen LogP contribution in [0.1, 0.15) is 32.4 Å². The third kappa shape index (κ3) is 2.10. The summed E-state index contributed by atoms with van der Waals surface area (Å²) in [6.45, 7) is 6.49. The van der Waals surface area contributed by atoms with E-state index in [1.54, 1.807) is 10.7 Å². The Balaban J connectivity index is 1.85. The lowest BCUT2D eigenvalue weighted by atomic mass is 9.89. The van der Waals surface area contributed by atoms with Gasteiger partial charge in [-0.1, -0.05) is 13.8 Å². The molecule has 1 atom stereocenters. The van der Waals surface area contributed by atoms with E-state index in [0.29, 0.717) is 5.92 Å². The predicted molar refractivity (Wildman–Crippen MR) is 91.0 cm³/mol. The number of nitrogens with two attached hydrogens (primary N) is 1. The van der Waals surface area contributed by atoms with Crippen molar-refractivity contribution in [1.82, 2.24) is 19.6 Å². The van der Waals surface area contributed by atoms with Crippen molar-refractivity contribution in [3.8, 4) is 11.3 Å². The van der Waals surface area contributed by atoms with E-state index >= 15 is 0 Å². The molecular formula is C17H18N6. The summed E-state index contributed by atoms with van der Waals surface area (Å²) in [5.41, 5.74) is 11.6. The van der Waals surface area contributed by atoms with Gasteiger partial charge in [-0.05, 0) is 31.0 Å². The molecule has 0 fully saturated rings. The molecule has 0 bridgehead atoms. The first-order valence-corrected chi connectivity index (χ1v) is 7.71. The van der Waals surface area contributed by atoms with E-state index in [9.17, 15) is 0 Å². The summed E-state index contributed by atoms with van der Waals surface area (Å²) >= 11 is 0. The van der Waals surface area contributed by atoms with Gasteiger partial charge in [0.1, 0.15) is 0 Å². The summed E-state index contributed by atoms with van der Waals surface area (Å²) in [6.07, 6.45) is 3.60. The van der Waals surface area contributed by atoms with Crippen molar-refractivity contribution in [3.63, 3.8) is 0 Å². The molecule has 3 aromatic heterocycles. The maximum atomic E-state index is 5.64. The van der Waals surface area contributed by atoms with Gasteiger partial charge in [0.25, 0.3) is 0 Å². The number of aliphatic imine (C=N–C) groups is 1. The highest BCUT2D eigenvalue weighted by atomic mass is 15.3. The normalized spacial score (nSPS) is 16.9. The zero-order chi connectivity index (χ0) is 16.1. The van der Waals surface area contributed by atoms with Crippen molar-refractivity contribution in [1.29, 1.82) is 0 Å². The molecule has 1 unspecified atom stereocenters. The van der Waals surface area contributed by atoms with Gasteiger partial charge in [0.15, 0.2) is 0 Å². The van der Waals surface area contributed by atoms with Crippen LogP contribution in [0.2, 0.25) is 0 Å². The molecule has 0 aliphatic carbocycles. The second-order valence-corrected chi connectivity index (χ2v) is 6.25. The first-order chi connectivity index (χ1) is 11.0. The number of anilines is 1. The van der Waals surface area contributed by atoms with Crippen molar-refractivity contribution in [3.05, 3.63) is 36.3 Å². The Morgan fingerprint density at radius 1 is 1.22 bits per heavy atom. The highest BCUT2D eigenvalue weighted by molar-refractivity contribution is 5.96. The summed E-state index contributed by atoms with van der Waals surface area (Å²) in [5, 5.41) is 4.18. The van der Waals surface area contributed by atoms with Gasteiger partial charge in [0.05, 0.1) is 28.8 Å². The lowest BCUT2D eigenvalue weighted by Gasteiger charge is -2.16. The Bertz CT molecular complexity index is 937. The fraction of sp³-hybridized carbons (Fsp3) is 0.294. The van der Waals surface area contributed by atoms with Crippen molar-refractivity contribution in [2.75, 3.05) is 5.73 Å². The average Bonchev–Trinajstić information content (AvgIpc) is 3.05. The zero-order valence-corrected chi connectivity index (χ0v) is 13.4. The molecule has 6 heteroatoms. The first-order valence-electron chi connectivity index (χ1n) is 7.71. The fourth-order valence-electron chi connectivity index (χ4n) is 3.33. The minimum Gasteiger partial charge on any atom is -0.367 e. The van der Waals surface area contributed by atoms with Crippen LogP contribution in [0.3, 0.4) is 0 Å². The average molecular weight is 306 g/mol. The van der Waals surface area contributed by atoms with Gasteiger partial charge in [-0.3, -0.25) is 4.99 Å². The molecule has 0 amide bonds. The van der Waals surface area contributed by atoms with Crippen LogP contribution in [0.25, 0.3) is 16.8 Å². The van der Waals surface area contributed by atoms with Crippen LogP contribution in [0.15, 0.2) is 35.6 Å². The monoisotopic (exact) mass is 306 g/mol. The Hall–Kier alpha value is -2.76. The molecule has 0 saturated heterocycles. The Morgan fingerprint density at radius 2 is 2.04 bits per heavy atom. The van der Waals surface area contributed by atoms with E-state index in [1.807, 2.05) is 24.4 Å². The molecule has 0 saturated carbocycles. The van der Waals surface area contributed by atoms with Crippen molar-refractivity contribution < 1.29 is 0 Å². The molecular weight excluding hydrogens is 288 g/mol. The molecule has 2 N–H and O–H groups in total. The Kier molecular flexibility index (Phi) is 2.94. The molecule has 1 aliphatic heterocycles. The zero-order valence-electron chi connectivity index (χ0n) is 13.4. The smallest absolute Gasteiger partial charge is 0.238 e. The molecule has 0 radical (unpaired) electrons. The van der Waals surface area contributed by atoms with Gasteiger partial charge in [-0.25, -0.2) is 14.5 Å². The summed E-state index contributed by atoms with van der Waals surface area (Å²) in [7, 11) is 0. The van der Waals surface area contributed by atoms with Gasteiger partial charge in [-0.2, -0.15) is 0 Å². The van der Waals surface area contributed by atoms with Gasteiger partial charge in [0, 0.05) is 23.4 Å². The molecule has 6 nitrogen and oxygen atoms in total. The van der Waals surface area contributed by atoms with Gasteiger partial charge in [0.2, 0.25) is 5.95 Å². The molecule has 0 spiro atoms. The largest absolute Gasteiger partial charge is 0.367 e. The van der Waals surface area contributed by atoms with E-state index in [-0.39, 0.29) is 11.9 Å². The standard InChI is InChI=1S/C17H18N6/c1-9(2)15-10(3)20-13-5-4-12(21-16(13)15)11-6-7-23-14(11)8-19-17(18)22-23/h4-9,15H,1-3H3,(H2,18,22). The number of pyridine rings is 1. The van der Waals surface area contributed by atoms with Crippen molar-refractivity contribution in [2.45, 2.75) is 26.7 Å². The maximum absolute atomic E-state index is 5.64. The van der Waals surface area contributed by atoms with E-state index in [0.717, 1.165) is 33.9 Å². The molecule has 3 aromatic rings. The third-order valence-electron chi connectivity index (χ3n) is 4.32. The molecule has 0 aromatic carbocycles. The van der Waals surface area contributed by atoms with E-state index in [2.05, 4.69) is 35.8 Å². The molecule has 116 valence electrons. The minimum atomic E-state index is 0.255. The number of hydrogen-bond donors (Lipinski definition) is 1. The Morgan fingerprint density at radius 3 is 2.83 bits per heavy atom. The third-order valence-corrected chi connectivity index (χ3v) is 4.32. The number of nitrogen functional groups attached to an aromatic ring is 1. The SMILES string of the molecule is CC1=Nc2ccc(-c3ccn4nc(N)ncc34)nc2C1C(C)C. The van der Waals surface area contributed by atoms with Crippen LogP contribution in [-0.2, 0) is 0 Å². The van der Waals surface area contributed by atoms with Crippen LogP contribution in [0.4, 0.5) is 11.6 Å². The molecule has 4 rings (SSSR count). The minimum absolute atomic E-state index is 0.255. The maximum Gasteiger partial charge on any atom is 0.238 e. The number of aromatic nitrogens is 4. The lowest BCUT2D eigenvalue weighted by molar-refractivity contribution is 0.598. The highest BCUT2D eigenvalue weighted by Crippen LogP contribution is 2.39. The van der Waals surface area contributed by atoms with Gasteiger partial charge >= 0.3 is 0 Å². The van der Waals surface area contributed by atoms with Crippen molar-refractivity contribution in [2.24, 2.45) is 10.9 Å². The number of rotatable bonds is 2. The number of nitrogens with zero attached hydrogens (tertiary/aromatic N) is 5. The number of hydrogen-bond acceptors (Lipinski definition) is 5. The number of fused-ring (bicyclic) bond motifs is 2. The molecule has 1 aliphatic rings. The summed E-state index contributed by atoms with van der Waals surface area (Å²) in [4.78, 5) is 13.7. The van der Waals surface area contributed by atoms with Crippen LogP contribution in [-0.4, -0.2) is 25.3 Å². The Labute approximate surface area is 134 Å². The van der Waals surface area contributed by atoms with E-state index in [1.165, 1.54) is 0 Å². The lowest BCUT2D eigenvalue weighted by Crippen LogP contribution is -2.13. The van der Waals surface area contributed by atoms with E-state index in [4.69, 9.17) is 10.7 Å². The molecule has 23 heavy (non-hydrogen) atoms. The highest BCUT2D eigenvalue weighted by Gasteiger charge is 2.29. The summed E-state index contributed by atoms with van der Waals surface area (Å²) in [6, 6.07) is 6.04. The molecule has 4 heterocycles. The van der Waals surface area contributed by atoms with Crippen LogP contribution in [0, 0.1) is 5.92 Å². The first kappa shape index (κ1) is 13.9. The van der Waals surface area contributed by atoms with Crippen LogP contribution >= 0.6 is 0 Å². The summed E-state index contributed by atoms with van der Waals surface area (Å²) in [5.74, 6) is 1.01. The van der Waals surface area contributed by atoms with Crippen molar-refractivity contribution >= 4 is 22.9 Å². The van der Waals surface area contributed by atoms with Crippen LogP contribution in [0.5, 0.6) is 0 Å². The second-order valence-electron chi connectivity index (χ2n) is 6.25. The second kappa shape index (κ2) is 4.87. The fourth-order valence-corrected chi connectivity index (χ4v) is 3.33.